The summed E-state index contributed by atoms with van der Waals surface area (Å²) in [6, 6.07) is 9.24. The number of aromatic nitrogens is 2. The van der Waals surface area contributed by atoms with Crippen molar-refractivity contribution in [3.05, 3.63) is 60.2 Å². The van der Waals surface area contributed by atoms with Gasteiger partial charge in [-0.25, -0.2) is 0 Å². The summed E-state index contributed by atoms with van der Waals surface area (Å²) in [4.78, 5) is 36.3. The van der Waals surface area contributed by atoms with Gasteiger partial charge in [0.2, 0.25) is 5.91 Å². The van der Waals surface area contributed by atoms with Gasteiger partial charge in [0, 0.05) is 36.6 Å². The van der Waals surface area contributed by atoms with E-state index in [0.717, 1.165) is 5.56 Å². The molecule has 0 saturated carbocycles. The summed E-state index contributed by atoms with van der Waals surface area (Å²) in [5, 5.41) is 0. The third kappa shape index (κ3) is 5.15. The number of esters is 1. The SMILES string of the molecule is COC(=O)CC(c1ccncc1)C(C(=O)N(C(C)C)C(C)C)c1ccccn1. The molecule has 2 rings (SSSR count). The molecule has 0 bridgehead atoms. The zero-order valence-corrected chi connectivity index (χ0v) is 17.2. The monoisotopic (exact) mass is 383 g/mol. The van der Waals surface area contributed by atoms with Gasteiger partial charge in [0.05, 0.1) is 25.1 Å². The Labute approximate surface area is 167 Å². The van der Waals surface area contributed by atoms with Crippen molar-refractivity contribution >= 4 is 11.9 Å². The summed E-state index contributed by atoms with van der Waals surface area (Å²) in [7, 11) is 1.36. The molecule has 0 aromatic carbocycles. The fourth-order valence-corrected chi connectivity index (χ4v) is 3.63. The highest BCUT2D eigenvalue weighted by Crippen LogP contribution is 2.37. The minimum Gasteiger partial charge on any atom is -0.469 e. The summed E-state index contributed by atoms with van der Waals surface area (Å²) in [5.41, 5.74) is 1.50. The molecule has 150 valence electrons. The lowest BCUT2D eigenvalue weighted by Crippen LogP contribution is -2.46. The van der Waals surface area contributed by atoms with Gasteiger partial charge in [-0.15, -0.1) is 0 Å². The molecule has 0 N–H and O–H groups in total. The van der Waals surface area contributed by atoms with Crippen LogP contribution in [0.3, 0.4) is 0 Å². The Kier molecular flexibility index (Phi) is 7.67. The topological polar surface area (TPSA) is 72.4 Å². The van der Waals surface area contributed by atoms with Crippen molar-refractivity contribution in [3.63, 3.8) is 0 Å². The Bertz CT molecular complexity index is 755. The first-order valence-electron chi connectivity index (χ1n) is 9.56. The molecule has 2 heterocycles. The lowest BCUT2D eigenvalue weighted by molar-refractivity contribution is -0.142. The predicted molar refractivity (Wildman–Crippen MR) is 108 cm³/mol. The standard InChI is InChI=1S/C22H29N3O3/c1-15(2)25(16(3)4)22(27)21(19-8-6-7-11-24-19)18(14-20(26)28-5)17-9-12-23-13-10-17/h6-13,15-16,18,21H,14H2,1-5H3. The van der Waals surface area contributed by atoms with Gasteiger partial charge in [-0.05, 0) is 57.5 Å². The van der Waals surface area contributed by atoms with E-state index in [0.29, 0.717) is 5.69 Å². The Balaban J connectivity index is 2.59. The first kappa shape index (κ1) is 21.5. The van der Waals surface area contributed by atoms with Crippen LogP contribution >= 0.6 is 0 Å². The van der Waals surface area contributed by atoms with Crippen molar-refractivity contribution in [1.82, 2.24) is 14.9 Å². The smallest absolute Gasteiger partial charge is 0.306 e. The van der Waals surface area contributed by atoms with Crippen LogP contribution in [0.2, 0.25) is 0 Å². The molecule has 2 aromatic heterocycles. The minimum atomic E-state index is -0.604. The predicted octanol–water partition coefficient (Wildman–Crippen LogP) is 3.55. The summed E-state index contributed by atoms with van der Waals surface area (Å²) < 4.78 is 4.92. The number of ether oxygens (including phenoxy) is 1. The maximum atomic E-state index is 13.7. The van der Waals surface area contributed by atoms with Crippen LogP contribution in [0, 0.1) is 0 Å². The Morgan fingerprint density at radius 1 is 1.00 bits per heavy atom. The molecule has 0 aliphatic heterocycles. The van der Waals surface area contributed by atoms with Crippen molar-refractivity contribution in [1.29, 1.82) is 0 Å². The molecule has 2 aromatic rings. The second kappa shape index (κ2) is 9.97. The number of amides is 1. The van der Waals surface area contributed by atoms with Gasteiger partial charge in [-0.2, -0.15) is 0 Å². The van der Waals surface area contributed by atoms with E-state index in [1.165, 1.54) is 7.11 Å². The van der Waals surface area contributed by atoms with E-state index in [4.69, 9.17) is 4.74 Å². The molecule has 0 fully saturated rings. The van der Waals surface area contributed by atoms with Crippen molar-refractivity contribution in [3.8, 4) is 0 Å². The number of rotatable bonds is 8. The Morgan fingerprint density at radius 2 is 1.64 bits per heavy atom. The van der Waals surface area contributed by atoms with Crippen LogP contribution in [0.5, 0.6) is 0 Å². The third-order valence-corrected chi connectivity index (χ3v) is 4.79. The van der Waals surface area contributed by atoms with Crippen LogP contribution < -0.4 is 0 Å². The third-order valence-electron chi connectivity index (χ3n) is 4.79. The second-order valence-electron chi connectivity index (χ2n) is 7.33. The first-order valence-corrected chi connectivity index (χ1v) is 9.56. The fourth-order valence-electron chi connectivity index (χ4n) is 3.63. The van der Waals surface area contributed by atoms with Crippen LogP contribution in [0.1, 0.15) is 57.2 Å². The number of carbonyl (C=O) groups excluding carboxylic acids is 2. The Morgan fingerprint density at radius 3 is 2.14 bits per heavy atom. The quantitative estimate of drug-likeness (QED) is 0.652. The van der Waals surface area contributed by atoms with E-state index >= 15 is 0 Å². The minimum absolute atomic E-state index is 0.0231. The molecule has 0 saturated heterocycles. The van der Waals surface area contributed by atoms with E-state index in [1.54, 1.807) is 18.6 Å². The normalized spacial score (nSPS) is 13.2. The highest BCUT2D eigenvalue weighted by atomic mass is 16.5. The molecule has 0 radical (unpaired) electrons. The molecular formula is C22H29N3O3. The van der Waals surface area contributed by atoms with Gasteiger partial charge < -0.3 is 9.64 Å². The maximum absolute atomic E-state index is 13.7. The van der Waals surface area contributed by atoms with Crippen LogP contribution in [0.25, 0.3) is 0 Å². The zero-order valence-electron chi connectivity index (χ0n) is 17.2. The van der Waals surface area contributed by atoms with Crippen LogP contribution in [-0.2, 0) is 14.3 Å². The number of carbonyl (C=O) groups is 2. The fraction of sp³-hybridized carbons (Fsp3) is 0.455. The highest BCUT2D eigenvalue weighted by molar-refractivity contribution is 5.86. The van der Waals surface area contributed by atoms with Crippen LogP contribution in [0.4, 0.5) is 0 Å². The molecule has 0 aliphatic carbocycles. The summed E-state index contributed by atoms with van der Waals surface area (Å²) >= 11 is 0. The van der Waals surface area contributed by atoms with Gasteiger partial charge in [0.1, 0.15) is 0 Å². The molecule has 6 nitrogen and oxygen atoms in total. The van der Waals surface area contributed by atoms with Gasteiger partial charge in [-0.3, -0.25) is 19.6 Å². The molecular weight excluding hydrogens is 354 g/mol. The summed E-state index contributed by atoms with van der Waals surface area (Å²) in [6.45, 7) is 7.98. The largest absolute Gasteiger partial charge is 0.469 e. The average molecular weight is 383 g/mol. The molecule has 6 heteroatoms. The lowest BCUT2D eigenvalue weighted by atomic mass is 9.80. The van der Waals surface area contributed by atoms with Gasteiger partial charge in [0.15, 0.2) is 0 Å². The molecule has 2 unspecified atom stereocenters. The number of hydrogen-bond acceptors (Lipinski definition) is 5. The average Bonchev–Trinajstić information content (AvgIpc) is 2.68. The summed E-state index contributed by atoms with van der Waals surface area (Å²) in [5.74, 6) is -1.42. The number of pyridine rings is 2. The molecule has 2 atom stereocenters. The van der Waals surface area contributed by atoms with Crippen LogP contribution in [0.15, 0.2) is 48.9 Å². The number of hydrogen-bond donors (Lipinski definition) is 0. The van der Waals surface area contributed by atoms with Crippen molar-refractivity contribution in [2.45, 2.75) is 58.0 Å². The van der Waals surface area contributed by atoms with E-state index in [-0.39, 0.29) is 30.4 Å². The van der Waals surface area contributed by atoms with Gasteiger partial charge >= 0.3 is 5.97 Å². The Hall–Kier alpha value is -2.76. The van der Waals surface area contributed by atoms with E-state index in [9.17, 15) is 9.59 Å². The molecule has 28 heavy (non-hydrogen) atoms. The van der Waals surface area contributed by atoms with Crippen molar-refractivity contribution < 1.29 is 14.3 Å². The van der Waals surface area contributed by atoms with Gasteiger partial charge in [-0.1, -0.05) is 6.07 Å². The lowest BCUT2D eigenvalue weighted by Gasteiger charge is -2.36. The molecule has 1 amide bonds. The highest BCUT2D eigenvalue weighted by Gasteiger charge is 2.38. The zero-order chi connectivity index (χ0) is 20.7. The molecule has 0 spiro atoms. The number of methoxy groups -OCH3 is 1. The second-order valence-corrected chi connectivity index (χ2v) is 7.33. The van der Waals surface area contributed by atoms with E-state index < -0.39 is 11.8 Å². The van der Waals surface area contributed by atoms with Crippen molar-refractivity contribution in [2.75, 3.05) is 7.11 Å². The number of nitrogens with zero attached hydrogens (tertiary/aromatic N) is 3. The first-order chi connectivity index (χ1) is 13.4. The maximum Gasteiger partial charge on any atom is 0.306 e. The van der Waals surface area contributed by atoms with Gasteiger partial charge in [0.25, 0.3) is 0 Å². The van der Waals surface area contributed by atoms with Crippen molar-refractivity contribution in [2.24, 2.45) is 0 Å². The van der Waals surface area contributed by atoms with E-state index in [1.807, 2.05) is 62.9 Å². The van der Waals surface area contributed by atoms with E-state index in [2.05, 4.69) is 9.97 Å². The van der Waals surface area contributed by atoms with Crippen LogP contribution in [-0.4, -0.2) is 45.9 Å². The molecule has 0 aliphatic rings. The summed E-state index contributed by atoms with van der Waals surface area (Å²) in [6.07, 6.45) is 5.09.